The van der Waals surface area contributed by atoms with Crippen molar-refractivity contribution in [2.24, 2.45) is 11.8 Å². The summed E-state index contributed by atoms with van der Waals surface area (Å²) in [5.41, 5.74) is 1.81. The third-order valence-corrected chi connectivity index (χ3v) is 7.01. The Hall–Kier alpha value is -2.04. The van der Waals surface area contributed by atoms with E-state index >= 15 is 0 Å². The minimum atomic E-state index is -0.815. The first-order chi connectivity index (χ1) is 13.5. The molecule has 3 aliphatic rings. The molecule has 2 fully saturated rings. The zero-order chi connectivity index (χ0) is 19.5. The van der Waals surface area contributed by atoms with Gasteiger partial charge >= 0.3 is 0 Å². The van der Waals surface area contributed by atoms with Gasteiger partial charge in [-0.2, -0.15) is 0 Å². The normalized spacial score (nSPS) is 29.2. The van der Waals surface area contributed by atoms with Gasteiger partial charge in [-0.1, -0.05) is 41.4 Å². The van der Waals surface area contributed by atoms with Crippen LogP contribution < -0.4 is 10.6 Å². The van der Waals surface area contributed by atoms with Crippen molar-refractivity contribution in [2.75, 3.05) is 11.9 Å². The predicted molar refractivity (Wildman–Crippen MR) is 110 cm³/mol. The van der Waals surface area contributed by atoms with Gasteiger partial charge in [-0.25, -0.2) is 0 Å². The molecule has 3 atom stereocenters. The number of anilines is 1. The van der Waals surface area contributed by atoms with E-state index in [0.717, 1.165) is 29.7 Å². The molecule has 2 heterocycles. The smallest absolute Gasteiger partial charge is 0.236 e. The molecule has 2 N–H and O–H groups in total. The first-order valence-corrected chi connectivity index (χ1v) is 10.4. The van der Waals surface area contributed by atoms with Gasteiger partial charge in [-0.3, -0.25) is 9.59 Å². The van der Waals surface area contributed by atoms with E-state index in [1.165, 1.54) is 0 Å². The third-order valence-electron chi connectivity index (χ3n) is 6.54. The lowest BCUT2D eigenvalue weighted by Gasteiger charge is -2.40. The van der Waals surface area contributed by atoms with Crippen molar-refractivity contribution < 1.29 is 9.59 Å². The molecule has 0 radical (unpaired) electrons. The van der Waals surface area contributed by atoms with E-state index in [4.69, 9.17) is 23.2 Å². The van der Waals surface area contributed by atoms with Crippen molar-refractivity contribution in [1.82, 2.24) is 5.32 Å². The lowest BCUT2D eigenvalue weighted by Crippen LogP contribution is -2.49. The Balaban J connectivity index is 1.78. The summed E-state index contributed by atoms with van der Waals surface area (Å²) in [7, 11) is 0. The summed E-state index contributed by atoms with van der Waals surface area (Å²) in [5, 5.41) is 7.33. The summed E-state index contributed by atoms with van der Waals surface area (Å²) in [4.78, 5) is 26.3. The van der Waals surface area contributed by atoms with E-state index in [-0.39, 0.29) is 30.1 Å². The quantitative estimate of drug-likeness (QED) is 0.758. The van der Waals surface area contributed by atoms with Crippen molar-refractivity contribution in [1.29, 1.82) is 0 Å². The number of carbonyl (C=O) groups is 2. The first kappa shape index (κ1) is 18.0. The maximum Gasteiger partial charge on any atom is 0.236 e. The topological polar surface area (TPSA) is 58.2 Å². The maximum atomic E-state index is 13.7. The van der Waals surface area contributed by atoms with Gasteiger partial charge < -0.3 is 10.6 Å². The van der Waals surface area contributed by atoms with Crippen LogP contribution in [0.15, 0.2) is 42.5 Å². The van der Waals surface area contributed by atoms with Crippen molar-refractivity contribution in [3.8, 4) is 0 Å². The number of halogens is 2. The highest BCUT2D eigenvalue weighted by Crippen LogP contribution is 2.59. The Morgan fingerprint density at radius 2 is 1.79 bits per heavy atom. The van der Waals surface area contributed by atoms with Crippen LogP contribution in [-0.4, -0.2) is 18.4 Å². The number of nitrogens with one attached hydrogen (secondary N) is 2. The van der Waals surface area contributed by atoms with Crippen LogP contribution in [0.1, 0.15) is 36.3 Å². The molecule has 1 aliphatic carbocycles. The van der Waals surface area contributed by atoms with Gasteiger partial charge in [0.1, 0.15) is 0 Å². The molecule has 2 amide bonds. The fourth-order valence-corrected chi connectivity index (χ4v) is 5.62. The highest BCUT2D eigenvalue weighted by atomic mass is 35.5. The Bertz CT molecular complexity index is 988. The molecule has 4 nitrogen and oxygen atoms in total. The SMILES string of the molecule is O=C1C[C@@H](c2cccc(Cl)c2)[C@]2(C(=O)Nc3cc(Cl)ccc32)[C@@H](C2CC2)CN1. The number of rotatable bonds is 2. The zero-order valence-electron chi connectivity index (χ0n) is 15.2. The summed E-state index contributed by atoms with van der Waals surface area (Å²) in [5.74, 6) is 0.102. The molecule has 0 unspecified atom stereocenters. The molecule has 0 bridgehead atoms. The van der Waals surface area contributed by atoms with Crippen LogP contribution in [0.4, 0.5) is 5.69 Å². The van der Waals surface area contributed by atoms with Crippen LogP contribution in [0.2, 0.25) is 10.0 Å². The number of fused-ring (bicyclic) bond motifs is 2. The van der Waals surface area contributed by atoms with Gasteiger partial charge in [0.2, 0.25) is 11.8 Å². The fourth-order valence-electron chi connectivity index (χ4n) is 5.25. The molecule has 2 aromatic carbocycles. The lowest BCUT2D eigenvalue weighted by atomic mass is 9.59. The minimum absolute atomic E-state index is 0.0253. The second-order valence-electron chi connectivity index (χ2n) is 8.07. The molecular formula is C22H20Cl2N2O2. The van der Waals surface area contributed by atoms with Crippen LogP contribution >= 0.6 is 23.2 Å². The maximum absolute atomic E-state index is 13.7. The first-order valence-electron chi connectivity index (χ1n) is 9.64. The monoisotopic (exact) mass is 414 g/mol. The standard InChI is InChI=1S/C22H20Cl2N2O2/c23-14-3-1-2-13(8-14)17-10-20(27)25-11-18(12-4-5-12)22(17)16-7-6-15(24)9-19(16)26-21(22)28/h1-3,6-9,12,17-18H,4-5,10-11H2,(H,25,27)(H,26,28)/t17-,18+,22-/m0/s1. The van der Waals surface area contributed by atoms with Crippen LogP contribution in [-0.2, 0) is 15.0 Å². The predicted octanol–water partition coefficient (Wildman–Crippen LogP) is 4.51. The molecular weight excluding hydrogens is 395 g/mol. The van der Waals surface area contributed by atoms with Gasteiger partial charge in [0, 0.05) is 34.6 Å². The summed E-state index contributed by atoms with van der Waals surface area (Å²) < 4.78 is 0. The van der Waals surface area contributed by atoms with Gasteiger partial charge in [-0.05, 0) is 60.1 Å². The summed E-state index contributed by atoms with van der Waals surface area (Å²) in [6.45, 7) is 0.510. The number of benzene rings is 2. The van der Waals surface area contributed by atoms with Crippen molar-refractivity contribution in [3.63, 3.8) is 0 Å². The summed E-state index contributed by atoms with van der Waals surface area (Å²) in [6, 6.07) is 13.2. The zero-order valence-corrected chi connectivity index (χ0v) is 16.7. The summed E-state index contributed by atoms with van der Waals surface area (Å²) in [6.07, 6.45) is 2.42. The van der Waals surface area contributed by atoms with E-state index < -0.39 is 5.41 Å². The van der Waals surface area contributed by atoms with E-state index in [1.807, 2.05) is 42.5 Å². The molecule has 2 aromatic rings. The largest absolute Gasteiger partial charge is 0.356 e. The minimum Gasteiger partial charge on any atom is -0.356 e. The van der Waals surface area contributed by atoms with Crippen molar-refractivity contribution in [3.05, 3.63) is 63.6 Å². The molecule has 1 saturated heterocycles. The van der Waals surface area contributed by atoms with Crippen LogP contribution in [0.3, 0.4) is 0 Å². The van der Waals surface area contributed by atoms with E-state index in [1.54, 1.807) is 0 Å². The third kappa shape index (κ3) is 2.66. The molecule has 5 rings (SSSR count). The van der Waals surface area contributed by atoms with Gasteiger partial charge in [0.05, 0.1) is 5.41 Å². The van der Waals surface area contributed by atoms with Gasteiger partial charge in [-0.15, -0.1) is 0 Å². The highest BCUT2D eigenvalue weighted by molar-refractivity contribution is 6.31. The Morgan fingerprint density at radius 1 is 1.00 bits per heavy atom. The van der Waals surface area contributed by atoms with E-state index in [0.29, 0.717) is 22.5 Å². The lowest BCUT2D eigenvalue weighted by molar-refractivity contribution is -0.124. The van der Waals surface area contributed by atoms with Gasteiger partial charge in [0.25, 0.3) is 0 Å². The summed E-state index contributed by atoms with van der Waals surface area (Å²) >= 11 is 12.5. The molecule has 1 saturated carbocycles. The molecule has 144 valence electrons. The number of hydrogen-bond donors (Lipinski definition) is 2. The van der Waals surface area contributed by atoms with E-state index in [2.05, 4.69) is 10.6 Å². The molecule has 28 heavy (non-hydrogen) atoms. The molecule has 0 aromatic heterocycles. The van der Waals surface area contributed by atoms with Crippen LogP contribution in [0.5, 0.6) is 0 Å². The Morgan fingerprint density at radius 3 is 2.54 bits per heavy atom. The number of carbonyl (C=O) groups excluding carboxylic acids is 2. The van der Waals surface area contributed by atoms with Crippen LogP contribution in [0.25, 0.3) is 0 Å². The second kappa shape index (κ2) is 6.50. The Labute approximate surface area is 173 Å². The van der Waals surface area contributed by atoms with E-state index in [9.17, 15) is 9.59 Å². The van der Waals surface area contributed by atoms with Crippen molar-refractivity contribution in [2.45, 2.75) is 30.6 Å². The Kier molecular flexibility index (Phi) is 4.18. The molecule has 2 aliphatic heterocycles. The van der Waals surface area contributed by atoms with Gasteiger partial charge in [0.15, 0.2) is 0 Å². The van der Waals surface area contributed by atoms with Crippen LogP contribution in [0, 0.1) is 11.8 Å². The second-order valence-corrected chi connectivity index (χ2v) is 8.95. The average molecular weight is 415 g/mol. The number of hydrogen-bond acceptors (Lipinski definition) is 2. The molecule has 1 spiro atoms. The fraction of sp³-hybridized carbons (Fsp3) is 0.364. The average Bonchev–Trinajstić information content (AvgIpc) is 3.45. The molecule has 6 heteroatoms. The number of amides is 2. The highest BCUT2D eigenvalue weighted by Gasteiger charge is 2.61. The van der Waals surface area contributed by atoms with Crippen molar-refractivity contribution >= 4 is 40.7 Å².